The highest BCUT2D eigenvalue weighted by molar-refractivity contribution is 5.79. The van der Waals surface area contributed by atoms with E-state index in [0.29, 0.717) is 0 Å². The van der Waals surface area contributed by atoms with E-state index in [-0.39, 0.29) is 5.56 Å². The van der Waals surface area contributed by atoms with E-state index in [9.17, 15) is 4.79 Å². The Morgan fingerprint density at radius 1 is 1.41 bits per heavy atom. The summed E-state index contributed by atoms with van der Waals surface area (Å²) >= 11 is 0. The molecule has 0 spiro atoms. The lowest BCUT2D eigenvalue weighted by atomic mass is 10.1. The van der Waals surface area contributed by atoms with Crippen LogP contribution in [0.25, 0.3) is 10.9 Å². The lowest BCUT2D eigenvalue weighted by molar-refractivity contribution is 0.517. The van der Waals surface area contributed by atoms with Gasteiger partial charge in [0.2, 0.25) is 0 Å². The zero-order chi connectivity index (χ0) is 12.4. The Labute approximate surface area is 101 Å². The summed E-state index contributed by atoms with van der Waals surface area (Å²) in [4.78, 5) is 14.8. The van der Waals surface area contributed by atoms with Crippen LogP contribution < -0.4 is 5.56 Å². The van der Waals surface area contributed by atoms with Gasteiger partial charge in [-0.25, -0.2) is 0 Å². The minimum absolute atomic E-state index is 0.0227. The molecule has 17 heavy (non-hydrogen) atoms. The molecule has 0 bridgehead atoms. The molecule has 0 aliphatic carbocycles. The summed E-state index contributed by atoms with van der Waals surface area (Å²) in [6.45, 7) is 7.29. The highest BCUT2D eigenvalue weighted by atomic mass is 16.1. The highest BCUT2D eigenvalue weighted by Crippen LogP contribution is 2.14. The largest absolute Gasteiger partial charge is 0.343 e. The van der Waals surface area contributed by atoms with Crippen LogP contribution in [0.1, 0.15) is 32.4 Å². The maximum Gasteiger partial charge on any atom is 0.272 e. The van der Waals surface area contributed by atoms with Crippen molar-refractivity contribution in [3.63, 3.8) is 0 Å². The molecule has 2 aromatic rings. The third-order valence-electron chi connectivity index (χ3n) is 3.07. The van der Waals surface area contributed by atoms with Crippen molar-refractivity contribution in [3.05, 3.63) is 34.4 Å². The van der Waals surface area contributed by atoms with Gasteiger partial charge in [-0.15, -0.1) is 0 Å². The molecule has 1 N–H and O–H groups in total. The fraction of sp³-hybridized carbons (Fsp3) is 0.500. The van der Waals surface area contributed by atoms with Crippen LogP contribution in [0.2, 0.25) is 0 Å². The van der Waals surface area contributed by atoms with E-state index >= 15 is 0 Å². The van der Waals surface area contributed by atoms with Gasteiger partial charge in [0.05, 0.1) is 0 Å². The van der Waals surface area contributed by atoms with Crippen molar-refractivity contribution in [1.29, 1.82) is 0 Å². The fourth-order valence-corrected chi connectivity index (χ4v) is 2.23. The van der Waals surface area contributed by atoms with Crippen LogP contribution >= 0.6 is 0 Å². The smallest absolute Gasteiger partial charge is 0.272 e. The van der Waals surface area contributed by atoms with Gasteiger partial charge in [-0.2, -0.15) is 0 Å². The first-order valence-electron chi connectivity index (χ1n) is 6.26. The summed E-state index contributed by atoms with van der Waals surface area (Å²) in [7, 11) is 0. The molecular formula is C14H20N2O. The monoisotopic (exact) mass is 232 g/mol. The molecule has 92 valence electrons. The molecule has 0 unspecified atom stereocenters. The number of fused-ring (bicyclic) bond motifs is 1. The summed E-state index contributed by atoms with van der Waals surface area (Å²) in [5.74, 6) is 0.720. The Morgan fingerprint density at radius 2 is 2.18 bits per heavy atom. The Bertz CT molecular complexity index is 563. The Kier molecular flexibility index (Phi) is 3.36. The van der Waals surface area contributed by atoms with Crippen LogP contribution in [0.15, 0.2) is 23.1 Å². The maximum absolute atomic E-state index is 11.9. The van der Waals surface area contributed by atoms with E-state index in [1.807, 2.05) is 25.3 Å². The minimum atomic E-state index is 0.0227. The second-order valence-corrected chi connectivity index (χ2v) is 5.13. The molecule has 0 aliphatic heterocycles. The average molecular weight is 232 g/mol. The van der Waals surface area contributed by atoms with E-state index in [1.54, 1.807) is 0 Å². The molecule has 2 aromatic heterocycles. The average Bonchev–Trinajstić information content (AvgIpc) is 2.60. The maximum atomic E-state index is 11.9. The normalized spacial score (nSPS) is 11.5. The van der Waals surface area contributed by atoms with Crippen molar-refractivity contribution in [3.8, 4) is 0 Å². The third kappa shape index (κ3) is 2.60. The van der Waals surface area contributed by atoms with Crippen molar-refractivity contribution in [2.24, 2.45) is 5.92 Å². The van der Waals surface area contributed by atoms with Gasteiger partial charge >= 0.3 is 0 Å². The van der Waals surface area contributed by atoms with E-state index in [1.165, 1.54) is 6.42 Å². The van der Waals surface area contributed by atoms with Crippen LogP contribution in [0.3, 0.4) is 0 Å². The molecule has 0 fully saturated rings. The van der Waals surface area contributed by atoms with Crippen LogP contribution in [-0.4, -0.2) is 9.55 Å². The lowest BCUT2D eigenvalue weighted by Gasteiger charge is -2.07. The van der Waals surface area contributed by atoms with Crippen molar-refractivity contribution < 1.29 is 0 Å². The van der Waals surface area contributed by atoms with Crippen LogP contribution in [0.5, 0.6) is 0 Å². The molecule has 0 aliphatic rings. The molecule has 0 radical (unpaired) electrons. The zero-order valence-electron chi connectivity index (χ0n) is 10.8. The van der Waals surface area contributed by atoms with Gasteiger partial charge in [0.1, 0.15) is 5.52 Å². The first-order valence-corrected chi connectivity index (χ1v) is 6.26. The highest BCUT2D eigenvalue weighted by Gasteiger charge is 2.06. The second kappa shape index (κ2) is 4.78. The molecule has 0 saturated carbocycles. The summed E-state index contributed by atoms with van der Waals surface area (Å²) in [5, 5.41) is 1.04. The molecule has 0 amide bonds. The van der Waals surface area contributed by atoms with Crippen LogP contribution in [0, 0.1) is 12.8 Å². The van der Waals surface area contributed by atoms with Gasteiger partial charge in [0.15, 0.2) is 0 Å². The standard InChI is InChI=1S/C14H20N2O/c1-10(2)5-4-7-16-8-6-12-9-11(3)15-14(17)13(12)16/h6,8-10H,4-5,7H2,1-3H3,(H,15,17). The first kappa shape index (κ1) is 12.0. The number of H-pyrrole nitrogens is 1. The molecule has 3 heteroatoms. The fourth-order valence-electron chi connectivity index (χ4n) is 2.23. The van der Waals surface area contributed by atoms with Gasteiger partial charge < -0.3 is 9.55 Å². The number of hydrogen-bond donors (Lipinski definition) is 1. The number of aryl methyl sites for hydroxylation is 2. The van der Waals surface area contributed by atoms with Crippen molar-refractivity contribution in [2.45, 2.75) is 40.2 Å². The molecule has 0 atom stereocenters. The van der Waals surface area contributed by atoms with Gasteiger partial charge in [0, 0.05) is 23.8 Å². The summed E-state index contributed by atoms with van der Waals surface area (Å²) in [6, 6.07) is 4.04. The Morgan fingerprint density at radius 3 is 2.88 bits per heavy atom. The zero-order valence-corrected chi connectivity index (χ0v) is 10.8. The van der Waals surface area contributed by atoms with E-state index in [4.69, 9.17) is 0 Å². The molecule has 2 heterocycles. The van der Waals surface area contributed by atoms with E-state index in [0.717, 1.165) is 35.5 Å². The molecule has 0 aromatic carbocycles. The van der Waals surface area contributed by atoms with Gasteiger partial charge in [-0.05, 0) is 37.8 Å². The van der Waals surface area contributed by atoms with Crippen molar-refractivity contribution in [2.75, 3.05) is 0 Å². The number of aromatic amines is 1. The second-order valence-electron chi connectivity index (χ2n) is 5.13. The number of hydrogen-bond acceptors (Lipinski definition) is 1. The van der Waals surface area contributed by atoms with Gasteiger partial charge in [0.25, 0.3) is 5.56 Å². The molecule has 2 rings (SSSR count). The number of pyridine rings is 1. The predicted molar refractivity (Wildman–Crippen MR) is 71.4 cm³/mol. The van der Waals surface area contributed by atoms with Gasteiger partial charge in [-0.1, -0.05) is 13.8 Å². The van der Waals surface area contributed by atoms with E-state index in [2.05, 4.69) is 23.4 Å². The summed E-state index contributed by atoms with van der Waals surface area (Å²) in [6.07, 6.45) is 4.33. The number of rotatable bonds is 4. The number of aromatic nitrogens is 2. The Balaban J connectivity index is 2.27. The summed E-state index contributed by atoms with van der Waals surface area (Å²) in [5.41, 5.74) is 1.75. The number of nitrogens with one attached hydrogen (secondary N) is 1. The minimum Gasteiger partial charge on any atom is -0.343 e. The lowest BCUT2D eigenvalue weighted by Crippen LogP contribution is -2.12. The van der Waals surface area contributed by atoms with Crippen molar-refractivity contribution >= 4 is 10.9 Å². The third-order valence-corrected chi connectivity index (χ3v) is 3.07. The molecule has 3 nitrogen and oxygen atoms in total. The van der Waals surface area contributed by atoms with Crippen LogP contribution in [0.4, 0.5) is 0 Å². The summed E-state index contributed by atoms with van der Waals surface area (Å²) < 4.78 is 2.07. The molecular weight excluding hydrogens is 212 g/mol. The molecule has 0 saturated heterocycles. The van der Waals surface area contributed by atoms with E-state index < -0.39 is 0 Å². The number of nitrogens with zero attached hydrogens (tertiary/aromatic N) is 1. The topological polar surface area (TPSA) is 37.8 Å². The van der Waals surface area contributed by atoms with Gasteiger partial charge in [-0.3, -0.25) is 4.79 Å². The Hall–Kier alpha value is -1.51. The predicted octanol–water partition coefficient (Wildman–Crippen LogP) is 3.07. The van der Waals surface area contributed by atoms with Crippen molar-refractivity contribution in [1.82, 2.24) is 9.55 Å². The first-order chi connectivity index (χ1) is 8.08. The quantitative estimate of drug-likeness (QED) is 0.864. The SMILES string of the molecule is Cc1cc2ccn(CCCC(C)C)c2c(=O)[nH]1. The van der Waals surface area contributed by atoms with Crippen LogP contribution in [-0.2, 0) is 6.54 Å².